The minimum atomic E-state index is -0.157. The summed E-state index contributed by atoms with van der Waals surface area (Å²) in [5.41, 5.74) is 3.22. The summed E-state index contributed by atoms with van der Waals surface area (Å²) < 4.78 is 6.49. The molecule has 0 unspecified atom stereocenters. The van der Waals surface area contributed by atoms with E-state index < -0.39 is 0 Å². The van der Waals surface area contributed by atoms with Crippen molar-refractivity contribution in [1.82, 2.24) is 0 Å². The van der Waals surface area contributed by atoms with E-state index in [1.54, 1.807) is 18.2 Å². The van der Waals surface area contributed by atoms with E-state index in [1.807, 2.05) is 43.3 Å². The first kappa shape index (κ1) is 16.5. The Morgan fingerprint density at radius 2 is 1.88 bits per heavy atom. The average Bonchev–Trinajstić information content (AvgIpc) is 3.04. The van der Waals surface area contributed by atoms with Crippen LogP contribution in [0.15, 0.2) is 63.5 Å². The van der Waals surface area contributed by atoms with E-state index in [2.05, 4.69) is 21.2 Å². The monoisotopic (exact) mass is 385 g/mol. The quantitative estimate of drug-likeness (QED) is 0.680. The van der Waals surface area contributed by atoms with E-state index in [0.29, 0.717) is 17.1 Å². The molecule has 0 aliphatic carbocycles. The molecule has 0 atom stereocenters. The predicted octanol–water partition coefficient (Wildman–Crippen LogP) is 4.76. The molecule has 0 aliphatic rings. The van der Waals surface area contributed by atoms with E-state index in [9.17, 15) is 4.79 Å². The molecule has 0 saturated carbocycles. The molecule has 0 fully saturated rings. The fourth-order valence-corrected chi connectivity index (χ4v) is 2.69. The topological polar surface area (TPSA) is 62.5 Å². The third kappa shape index (κ3) is 3.58. The van der Waals surface area contributed by atoms with Gasteiger partial charge in [-0.1, -0.05) is 15.9 Å². The Balaban J connectivity index is 1.79. The average molecular weight is 386 g/mol. The van der Waals surface area contributed by atoms with Crippen molar-refractivity contribution in [2.75, 3.05) is 5.32 Å². The van der Waals surface area contributed by atoms with Crippen molar-refractivity contribution in [3.8, 4) is 11.3 Å². The summed E-state index contributed by atoms with van der Waals surface area (Å²) in [6.07, 6.45) is 0. The molecule has 122 valence electrons. The number of anilines is 1. The van der Waals surface area contributed by atoms with Crippen LogP contribution in [-0.4, -0.2) is 11.0 Å². The standard InChI is InChI=1S/C19H16BrNO3/c1-12-10-15(21-19(23)13-2-4-14(20)5-3-13)6-8-17(12)18-9-7-16(11-22)24-18/h2-10,22H,11H2,1H3,(H,21,23). The molecule has 5 heteroatoms. The van der Waals surface area contributed by atoms with Crippen LogP contribution in [-0.2, 0) is 6.61 Å². The highest BCUT2D eigenvalue weighted by molar-refractivity contribution is 9.10. The van der Waals surface area contributed by atoms with Crippen LogP contribution in [0.25, 0.3) is 11.3 Å². The molecule has 0 aliphatic heterocycles. The van der Waals surface area contributed by atoms with Gasteiger partial charge in [-0.2, -0.15) is 0 Å². The van der Waals surface area contributed by atoms with Gasteiger partial charge in [0.25, 0.3) is 5.91 Å². The fraction of sp³-hybridized carbons (Fsp3) is 0.105. The predicted molar refractivity (Wildman–Crippen MR) is 96.9 cm³/mol. The first-order valence-electron chi connectivity index (χ1n) is 7.44. The minimum absolute atomic E-state index is 0.125. The van der Waals surface area contributed by atoms with Crippen LogP contribution in [0.1, 0.15) is 21.7 Å². The van der Waals surface area contributed by atoms with Gasteiger partial charge >= 0.3 is 0 Å². The van der Waals surface area contributed by atoms with Crippen LogP contribution in [0.3, 0.4) is 0 Å². The second kappa shape index (κ2) is 7.03. The number of aliphatic hydroxyl groups excluding tert-OH is 1. The van der Waals surface area contributed by atoms with Gasteiger partial charge in [0.05, 0.1) is 0 Å². The first-order chi connectivity index (χ1) is 11.6. The number of aliphatic hydroxyl groups is 1. The maximum Gasteiger partial charge on any atom is 0.255 e. The number of aryl methyl sites for hydroxylation is 1. The summed E-state index contributed by atoms with van der Waals surface area (Å²) in [7, 11) is 0. The van der Waals surface area contributed by atoms with E-state index >= 15 is 0 Å². The molecule has 0 radical (unpaired) electrons. The van der Waals surface area contributed by atoms with Gasteiger partial charge in [-0.15, -0.1) is 0 Å². The van der Waals surface area contributed by atoms with Crippen LogP contribution in [0.4, 0.5) is 5.69 Å². The Labute approximate surface area is 148 Å². The normalized spacial score (nSPS) is 10.6. The molecule has 0 bridgehead atoms. The van der Waals surface area contributed by atoms with Gasteiger partial charge in [0, 0.05) is 21.3 Å². The lowest BCUT2D eigenvalue weighted by Gasteiger charge is -2.09. The smallest absolute Gasteiger partial charge is 0.255 e. The molecular formula is C19H16BrNO3. The van der Waals surface area contributed by atoms with Gasteiger partial charge in [-0.3, -0.25) is 4.79 Å². The molecular weight excluding hydrogens is 370 g/mol. The van der Waals surface area contributed by atoms with Crippen molar-refractivity contribution in [1.29, 1.82) is 0 Å². The van der Waals surface area contributed by atoms with Gasteiger partial charge in [0.1, 0.15) is 18.1 Å². The zero-order valence-corrected chi connectivity index (χ0v) is 14.6. The first-order valence-corrected chi connectivity index (χ1v) is 8.23. The molecule has 2 aromatic carbocycles. The molecule has 1 heterocycles. The van der Waals surface area contributed by atoms with Crippen molar-refractivity contribution in [3.05, 3.63) is 76.0 Å². The number of hydrogen-bond donors (Lipinski definition) is 2. The summed E-state index contributed by atoms with van der Waals surface area (Å²) in [6, 6.07) is 16.4. The number of halogens is 1. The molecule has 4 nitrogen and oxygen atoms in total. The van der Waals surface area contributed by atoms with Crippen molar-refractivity contribution in [2.24, 2.45) is 0 Å². The number of amides is 1. The van der Waals surface area contributed by atoms with Gasteiger partial charge < -0.3 is 14.8 Å². The molecule has 0 spiro atoms. The zero-order valence-electron chi connectivity index (χ0n) is 13.0. The summed E-state index contributed by atoms with van der Waals surface area (Å²) in [6.45, 7) is 1.83. The van der Waals surface area contributed by atoms with Crippen LogP contribution < -0.4 is 5.32 Å². The Bertz CT molecular complexity index is 869. The van der Waals surface area contributed by atoms with Crippen molar-refractivity contribution >= 4 is 27.5 Å². The number of nitrogens with one attached hydrogen (secondary N) is 1. The van der Waals surface area contributed by atoms with Crippen molar-refractivity contribution < 1.29 is 14.3 Å². The van der Waals surface area contributed by atoms with Crippen molar-refractivity contribution in [3.63, 3.8) is 0 Å². The highest BCUT2D eigenvalue weighted by atomic mass is 79.9. The van der Waals surface area contributed by atoms with Crippen LogP contribution in [0, 0.1) is 6.92 Å². The van der Waals surface area contributed by atoms with Gasteiger partial charge in [0.2, 0.25) is 0 Å². The molecule has 24 heavy (non-hydrogen) atoms. The van der Waals surface area contributed by atoms with Crippen molar-refractivity contribution in [2.45, 2.75) is 13.5 Å². The summed E-state index contributed by atoms with van der Waals surface area (Å²) in [5, 5.41) is 12.0. The number of rotatable bonds is 4. The fourth-order valence-electron chi connectivity index (χ4n) is 2.43. The van der Waals surface area contributed by atoms with E-state index in [-0.39, 0.29) is 12.5 Å². The highest BCUT2D eigenvalue weighted by Crippen LogP contribution is 2.28. The third-order valence-electron chi connectivity index (χ3n) is 3.67. The number of benzene rings is 2. The molecule has 3 rings (SSSR count). The summed E-state index contributed by atoms with van der Waals surface area (Å²) in [4.78, 5) is 12.3. The second-order valence-electron chi connectivity index (χ2n) is 5.41. The molecule has 0 saturated heterocycles. The third-order valence-corrected chi connectivity index (χ3v) is 4.20. The van der Waals surface area contributed by atoms with Gasteiger partial charge in [-0.05, 0) is 67.1 Å². The van der Waals surface area contributed by atoms with Crippen LogP contribution in [0.5, 0.6) is 0 Å². The Hall–Kier alpha value is -2.37. The van der Waals surface area contributed by atoms with Gasteiger partial charge in [0.15, 0.2) is 0 Å². The Kier molecular flexibility index (Phi) is 4.83. The Morgan fingerprint density at radius 3 is 2.50 bits per heavy atom. The number of hydrogen-bond acceptors (Lipinski definition) is 3. The largest absolute Gasteiger partial charge is 0.459 e. The lowest BCUT2D eigenvalue weighted by molar-refractivity contribution is 0.102. The number of carbonyl (C=O) groups excluding carboxylic acids is 1. The lowest BCUT2D eigenvalue weighted by atomic mass is 10.1. The number of carbonyl (C=O) groups is 1. The summed E-state index contributed by atoms with van der Waals surface area (Å²) >= 11 is 3.35. The maximum absolute atomic E-state index is 12.3. The van der Waals surface area contributed by atoms with Crippen LogP contribution >= 0.6 is 15.9 Å². The minimum Gasteiger partial charge on any atom is -0.459 e. The lowest BCUT2D eigenvalue weighted by Crippen LogP contribution is -2.11. The van der Waals surface area contributed by atoms with E-state index in [1.165, 1.54) is 0 Å². The molecule has 3 aromatic rings. The van der Waals surface area contributed by atoms with E-state index in [0.717, 1.165) is 21.3 Å². The Morgan fingerprint density at radius 1 is 1.12 bits per heavy atom. The number of furan rings is 1. The second-order valence-corrected chi connectivity index (χ2v) is 6.33. The summed E-state index contributed by atoms with van der Waals surface area (Å²) in [5.74, 6) is 1.06. The highest BCUT2D eigenvalue weighted by Gasteiger charge is 2.10. The zero-order chi connectivity index (χ0) is 17.1. The van der Waals surface area contributed by atoms with Gasteiger partial charge in [-0.25, -0.2) is 0 Å². The maximum atomic E-state index is 12.3. The van der Waals surface area contributed by atoms with E-state index in [4.69, 9.17) is 9.52 Å². The van der Waals surface area contributed by atoms with Crippen LogP contribution in [0.2, 0.25) is 0 Å². The SMILES string of the molecule is Cc1cc(NC(=O)c2ccc(Br)cc2)ccc1-c1ccc(CO)o1. The molecule has 1 aromatic heterocycles. The molecule has 1 amide bonds. The molecule has 2 N–H and O–H groups in total.